The maximum Gasteiger partial charge on any atom is 0.271 e. The highest BCUT2D eigenvalue weighted by atomic mass is 32.2. The number of rotatable bonds is 4. The van der Waals surface area contributed by atoms with E-state index in [-0.39, 0.29) is 17.2 Å². The first-order chi connectivity index (χ1) is 15.1. The van der Waals surface area contributed by atoms with Crippen molar-refractivity contribution < 1.29 is 4.79 Å². The van der Waals surface area contributed by atoms with Gasteiger partial charge in [0.1, 0.15) is 4.70 Å². The molecule has 0 atom stereocenters. The zero-order chi connectivity index (χ0) is 21.4. The van der Waals surface area contributed by atoms with Gasteiger partial charge >= 0.3 is 0 Å². The van der Waals surface area contributed by atoms with Crippen LogP contribution in [0.15, 0.2) is 70.6 Å². The molecule has 0 N–H and O–H groups in total. The number of thioether (sulfide) groups is 1. The Morgan fingerprint density at radius 3 is 2.74 bits per heavy atom. The molecule has 2 aromatic heterocycles. The smallest absolute Gasteiger partial charge is 0.271 e. The van der Waals surface area contributed by atoms with Crippen molar-refractivity contribution in [1.29, 1.82) is 0 Å². The van der Waals surface area contributed by atoms with E-state index in [0.29, 0.717) is 15.4 Å². The molecule has 0 aliphatic carbocycles. The highest BCUT2D eigenvalue weighted by Crippen LogP contribution is 2.32. The zero-order valence-electron chi connectivity index (χ0n) is 17.1. The molecule has 3 heterocycles. The molecule has 0 saturated carbocycles. The van der Waals surface area contributed by atoms with Crippen molar-refractivity contribution in [3.05, 3.63) is 76.6 Å². The predicted molar refractivity (Wildman–Crippen MR) is 128 cm³/mol. The van der Waals surface area contributed by atoms with E-state index in [2.05, 4.69) is 6.07 Å². The number of aryl methyl sites for hydroxylation is 1. The van der Waals surface area contributed by atoms with Crippen molar-refractivity contribution in [2.75, 3.05) is 17.2 Å². The fraction of sp³-hybridized carbons (Fsp3) is 0.208. The predicted octanol–water partition coefficient (Wildman–Crippen LogP) is 4.73. The zero-order valence-corrected chi connectivity index (χ0v) is 18.7. The number of aromatic nitrogens is 2. The largest absolute Gasteiger partial charge is 0.311 e. The molecule has 1 aliphatic heterocycles. The Morgan fingerprint density at radius 2 is 1.90 bits per heavy atom. The van der Waals surface area contributed by atoms with E-state index >= 15 is 0 Å². The Morgan fingerprint density at radius 1 is 1.13 bits per heavy atom. The van der Waals surface area contributed by atoms with Crippen LogP contribution in [0.2, 0.25) is 0 Å². The van der Waals surface area contributed by atoms with E-state index in [1.165, 1.54) is 28.7 Å². The van der Waals surface area contributed by atoms with Crippen LogP contribution in [0.1, 0.15) is 12.0 Å². The number of benzene rings is 2. The summed E-state index contributed by atoms with van der Waals surface area (Å²) in [7, 11) is 1.72. The number of para-hydroxylation sites is 1. The van der Waals surface area contributed by atoms with Crippen LogP contribution in [-0.4, -0.2) is 27.8 Å². The molecular weight excluding hydrogens is 426 g/mol. The standard InChI is InChI=1S/C24H21N3O2S2/c1-26-23(29)22-18(14-20(31-22)17-9-3-2-4-10-17)25-24(26)30-15-21(28)27-13-7-11-16-8-5-6-12-19(16)27/h2-6,8-10,12,14H,7,11,13,15H2,1H3. The van der Waals surface area contributed by atoms with Crippen LogP contribution >= 0.6 is 23.1 Å². The topological polar surface area (TPSA) is 55.2 Å². The van der Waals surface area contributed by atoms with Crippen LogP contribution in [0.4, 0.5) is 5.69 Å². The van der Waals surface area contributed by atoms with Gasteiger partial charge in [0, 0.05) is 24.2 Å². The summed E-state index contributed by atoms with van der Waals surface area (Å²) < 4.78 is 2.19. The van der Waals surface area contributed by atoms with E-state index in [1.54, 1.807) is 11.6 Å². The number of hydrogen-bond donors (Lipinski definition) is 0. The molecule has 1 aliphatic rings. The third kappa shape index (κ3) is 3.79. The molecule has 0 fully saturated rings. The van der Waals surface area contributed by atoms with Crippen molar-refractivity contribution in [2.45, 2.75) is 18.0 Å². The maximum absolute atomic E-state index is 13.0. The van der Waals surface area contributed by atoms with Crippen molar-refractivity contribution >= 4 is 44.9 Å². The average molecular weight is 448 g/mol. The number of anilines is 1. The van der Waals surface area contributed by atoms with E-state index in [1.807, 2.05) is 59.5 Å². The van der Waals surface area contributed by atoms with Crippen LogP contribution in [-0.2, 0) is 18.3 Å². The van der Waals surface area contributed by atoms with E-state index < -0.39 is 0 Å². The molecule has 7 heteroatoms. The number of carbonyl (C=O) groups excluding carboxylic acids is 1. The van der Waals surface area contributed by atoms with Gasteiger partial charge in [-0.1, -0.05) is 60.3 Å². The van der Waals surface area contributed by atoms with Gasteiger partial charge in [0.25, 0.3) is 5.56 Å². The number of thiophene rings is 1. The maximum atomic E-state index is 13.0. The highest BCUT2D eigenvalue weighted by Gasteiger charge is 2.23. The fourth-order valence-electron chi connectivity index (χ4n) is 3.91. The second kappa shape index (κ2) is 8.32. The quantitative estimate of drug-likeness (QED) is 0.335. The van der Waals surface area contributed by atoms with Gasteiger partial charge in [0.15, 0.2) is 5.16 Å². The molecule has 0 radical (unpaired) electrons. The number of hydrogen-bond acceptors (Lipinski definition) is 5. The summed E-state index contributed by atoms with van der Waals surface area (Å²) in [6, 6.07) is 20.0. The molecule has 31 heavy (non-hydrogen) atoms. The van der Waals surface area contributed by atoms with Crippen LogP contribution < -0.4 is 10.5 Å². The van der Waals surface area contributed by atoms with Crippen molar-refractivity contribution in [2.24, 2.45) is 7.05 Å². The lowest BCUT2D eigenvalue weighted by molar-refractivity contribution is -0.116. The van der Waals surface area contributed by atoms with Gasteiger partial charge in [0.2, 0.25) is 5.91 Å². The van der Waals surface area contributed by atoms with Crippen LogP contribution in [0.5, 0.6) is 0 Å². The van der Waals surface area contributed by atoms with E-state index in [9.17, 15) is 9.59 Å². The summed E-state index contributed by atoms with van der Waals surface area (Å²) in [4.78, 5) is 33.5. The molecule has 0 unspecified atom stereocenters. The molecule has 4 aromatic rings. The van der Waals surface area contributed by atoms with Gasteiger partial charge in [-0.3, -0.25) is 14.2 Å². The molecular formula is C24H21N3O2S2. The molecule has 5 nitrogen and oxygen atoms in total. The van der Waals surface area contributed by atoms with Crippen LogP contribution in [0.3, 0.4) is 0 Å². The minimum Gasteiger partial charge on any atom is -0.311 e. The van der Waals surface area contributed by atoms with Gasteiger partial charge in [-0.2, -0.15) is 0 Å². The average Bonchev–Trinajstić information content (AvgIpc) is 3.25. The van der Waals surface area contributed by atoms with Crippen molar-refractivity contribution in [3.8, 4) is 10.4 Å². The Hall–Kier alpha value is -2.90. The molecule has 1 amide bonds. The summed E-state index contributed by atoms with van der Waals surface area (Å²) >= 11 is 2.78. The third-order valence-corrected chi connectivity index (χ3v) is 7.68. The monoisotopic (exact) mass is 447 g/mol. The fourth-order valence-corrected chi connectivity index (χ4v) is 5.83. The molecule has 0 saturated heterocycles. The summed E-state index contributed by atoms with van der Waals surface area (Å²) in [6.07, 6.45) is 1.97. The molecule has 0 spiro atoms. The second-order valence-corrected chi connectivity index (χ2v) is 9.51. The summed E-state index contributed by atoms with van der Waals surface area (Å²) in [6.45, 7) is 0.729. The van der Waals surface area contributed by atoms with Gasteiger partial charge in [-0.05, 0) is 36.1 Å². The van der Waals surface area contributed by atoms with Crippen molar-refractivity contribution in [1.82, 2.24) is 9.55 Å². The number of fused-ring (bicyclic) bond motifs is 2. The number of carbonyl (C=O) groups is 1. The Labute approximate surface area is 188 Å². The molecule has 5 rings (SSSR count). The van der Waals surface area contributed by atoms with Gasteiger partial charge < -0.3 is 4.90 Å². The minimum atomic E-state index is -0.0737. The van der Waals surface area contributed by atoms with E-state index in [4.69, 9.17) is 4.98 Å². The molecule has 2 aromatic carbocycles. The second-order valence-electron chi connectivity index (χ2n) is 7.52. The van der Waals surface area contributed by atoms with Crippen LogP contribution in [0.25, 0.3) is 20.7 Å². The van der Waals surface area contributed by atoms with Crippen LogP contribution in [0, 0.1) is 0 Å². The van der Waals surface area contributed by atoms with Gasteiger partial charge in [0.05, 0.1) is 11.3 Å². The van der Waals surface area contributed by atoms with Crippen molar-refractivity contribution in [3.63, 3.8) is 0 Å². The number of nitrogens with zero attached hydrogens (tertiary/aromatic N) is 3. The van der Waals surface area contributed by atoms with E-state index in [0.717, 1.165) is 35.5 Å². The lowest BCUT2D eigenvalue weighted by Crippen LogP contribution is -2.36. The first kappa shape index (κ1) is 20.0. The lowest BCUT2D eigenvalue weighted by atomic mass is 10.0. The Kier molecular flexibility index (Phi) is 5.38. The minimum absolute atomic E-state index is 0.0433. The first-order valence-corrected chi connectivity index (χ1v) is 12.0. The van der Waals surface area contributed by atoms with Gasteiger partial charge in [-0.25, -0.2) is 4.98 Å². The lowest BCUT2D eigenvalue weighted by Gasteiger charge is -2.29. The highest BCUT2D eigenvalue weighted by molar-refractivity contribution is 7.99. The number of amides is 1. The van der Waals surface area contributed by atoms with Gasteiger partial charge in [-0.15, -0.1) is 11.3 Å². The Balaban J connectivity index is 1.40. The summed E-state index contributed by atoms with van der Waals surface area (Å²) in [5.41, 5.74) is 3.90. The molecule has 0 bridgehead atoms. The SMILES string of the molecule is Cn1c(SCC(=O)N2CCCc3ccccc32)nc2cc(-c3ccccc3)sc2c1=O. The Bertz CT molecular complexity index is 1330. The third-order valence-electron chi connectivity index (χ3n) is 5.51. The summed E-state index contributed by atoms with van der Waals surface area (Å²) in [5, 5.41) is 0.563. The first-order valence-electron chi connectivity index (χ1n) is 10.2. The normalized spacial score (nSPS) is 13.4. The summed E-state index contributed by atoms with van der Waals surface area (Å²) in [5.74, 6) is 0.289. The molecule has 156 valence electrons.